The molecule has 0 spiro atoms. The van der Waals surface area contributed by atoms with Crippen molar-refractivity contribution < 1.29 is 0 Å². The van der Waals surface area contributed by atoms with Crippen LogP contribution in [0.1, 0.15) is 11.3 Å². The van der Waals surface area contributed by atoms with Gasteiger partial charge in [-0.1, -0.05) is 0 Å². The molecule has 0 aliphatic heterocycles. The van der Waals surface area contributed by atoms with E-state index in [2.05, 4.69) is 10.1 Å². The number of halogens is 1. The molecule has 0 bridgehead atoms. The van der Waals surface area contributed by atoms with Crippen molar-refractivity contribution in [3.63, 3.8) is 0 Å². The number of fused-ring (bicyclic) bond motifs is 1. The smallest absolute Gasteiger partial charge is 0.157 e. The molecule has 0 saturated heterocycles. The average Bonchev–Trinajstić information content (AvgIpc) is 2.42. The number of pyridine rings is 1. The quantitative estimate of drug-likeness (QED) is 0.652. The Morgan fingerprint density at radius 1 is 1.54 bits per heavy atom. The number of hydrogen-bond acceptors (Lipinski definition) is 2. The van der Waals surface area contributed by atoms with Gasteiger partial charge in [0.15, 0.2) is 5.65 Å². The van der Waals surface area contributed by atoms with E-state index in [9.17, 15) is 0 Å². The Balaban J connectivity index is 2.76. The minimum atomic E-state index is 0.497. The fraction of sp³-hybridized carbons (Fsp3) is 0.333. The van der Waals surface area contributed by atoms with Gasteiger partial charge in [0.25, 0.3) is 0 Å². The van der Waals surface area contributed by atoms with Crippen LogP contribution < -0.4 is 0 Å². The third-order valence-electron chi connectivity index (χ3n) is 2.07. The van der Waals surface area contributed by atoms with Crippen LogP contribution in [0.3, 0.4) is 0 Å². The summed E-state index contributed by atoms with van der Waals surface area (Å²) in [5, 5.41) is 5.36. The van der Waals surface area contributed by atoms with Gasteiger partial charge in [0.1, 0.15) is 0 Å². The summed E-state index contributed by atoms with van der Waals surface area (Å²) >= 11 is 5.72. The largest absolute Gasteiger partial charge is 0.250 e. The van der Waals surface area contributed by atoms with Crippen molar-refractivity contribution in [3.05, 3.63) is 23.5 Å². The lowest BCUT2D eigenvalue weighted by Crippen LogP contribution is -1.91. The summed E-state index contributed by atoms with van der Waals surface area (Å²) in [4.78, 5) is 4.29. The molecule has 0 N–H and O–H groups in total. The molecule has 0 aromatic carbocycles. The lowest BCUT2D eigenvalue weighted by molar-refractivity contribution is 0.773. The monoisotopic (exact) mass is 195 g/mol. The molecule has 2 heterocycles. The van der Waals surface area contributed by atoms with Crippen LogP contribution in [0.25, 0.3) is 11.0 Å². The van der Waals surface area contributed by atoms with Crippen molar-refractivity contribution in [2.75, 3.05) is 0 Å². The van der Waals surface area contributed by atoms with E-state index >= 15 is 0 Å². The van der Waals surface area contributed by atoms with Crippen LogP contribution in [0.5, 0.6) is 0 Å². The topological polar surface area (TPSA) is 30.7 Å². The number of rotatable bonds is 1. The van der Waals surface area contributed by atoms with E-state index in [0.717, 1.165) is 22.3 Å². The van der Waals surface area contributed by atoms with Gasteiger partial charge in [-0.05, 0) is 18.6 Å². The van der Waals surface area contributed by atoms with Crippen LogP contribution in [0.2, 0.25) is 0 Å². The van der Waals surface area contributed by atoms with Crippen LogP contribution in [0, 0.1) is 6.92 Å². The van der Waals surface area contributed by atoms with E-state index in [-0.39, 0.29) is 0 Å². The minimum absolute atomic E-state index is 0.497. The molecular weight excluding hydrogens is 186 g/mol. The van der Waals surface area contributed by atoms with Gasteiger partial charge in [0.05, 0.1) is 5.69 Å². The number of hydrogen-bond donors (Lipinski definition) is 0. The maximum Gasteiger partial charge on any atom is 0.157 e. The van der Waals surface area contributed by atoms with Gasteiger partial charge in [0.2, 0.25) is 0 Å². The highest BCUT2D eigenvalue weighted by molar-refractivity contribution is 6.17. The molecule has 2 rings (SSSR count). The second-order valence-electron chi connectivity index (χ2n) is 3.06. The molecule has 0 aliphatic rings. The van der Waals surface area contributed by atoms with Gasteiger partial charge in [0, 0.05) is 24.5 Å². The van der Waals surface area contributed by atoms with Gasteiger partial charge in [-0.3, -0.25) is 4.68 Å². The third kappa shape index (κ3) is 1.29. The SMILES string of the molecule is Cc1nn(C)c2ncc(CCl)cc12. The predicted octanol–water partition coefficient (Wildman–Crippen LogP) is 2.02. The first-order valence-electron chi connectivity index (χ1n) is 4.06. The molecule has 2 aromatic rings. The summed E-state index contributed by atoms with van der Waals surface area (Å²) in [5.74, 6) is 0.497. The van der Waals surface area contributed by atoms with Crippen LogP contribution in [-0.4, -0.2) is 14.8 Å². The first kappa shape index (κ1) is 8.51. The van der Waals surface area contributed by atoms with Crippen LogP contribution in [0.15, 0.2) is 12.3 Å². The second-order valence-corrected chi connectivity index (χ2v) is 3.32. The highest BCUT2D eigenvalue weighted by atomic mass is 35.5. The summed E-state index contributed by atoms with van der Waals surface area (Å²) in [5.41, 5.74) is 2.94. The van der Waals surface area contributed by atoms with Crippen molar-refractivity contribution in [3.8, 4) is 0 Å². The average molecular weight is 196 g/mol. The van der Waals surface area contributed by atoms with Gasteiger partial charge in [-0.25, -0.2) is 4.98 Å². The molecule has 4 heteroatoms. The second kappa shape index (κ2) is 3.00. The van der Waals surface area contributed by atoms with Crippen molar-refractivity contribution in [2.24, 2.45) is 7.05 Å². The molecule has 0 fully saturated rings. The van der Waals surface area contributed by atoms with Gasteiger partial charge in [-0.2, -0.15) is 5.10 Å². The van der Waals surface area contributed by atoms with E-state index in [1.54, 1.807) is 10.9 Å². The number of nitrogens with zero attached hydrogens (tertiary/aromatic N) is 3. The molecule has 68 valence electrons. The summed E-state index contributed by atoms with van der Waals surface area (Å²) in [7, 11) is 1.89. The number of aryl methyl sites for hydroxylation is 2. The molecule has 0 radical (unpaired) electrons. The lowest BCUT2D eigenvalue weighted by atomic mass is 10.2. The number of aromatic nitrogens is 3. The van der Waals surface area contributed by atoms with Gasteiger partial charge >= 0.3 is 0 Å². The van der Waals surface area contributed by atoms with Gasteiger partial charge < -0.3 is 0 Å². The highest BCUT2D eigenvalue weighted by Crippen LogP contribution is 2.17. The summed E-state index contributed by atoms with van der Waals surface area (Å²) in [6.07, 6.45) is 1.79. The van der Waals surface area contributed by atoms with Crippen molar-refractivity contribution in [1.82, 2.24) is 14.8 Å². The van der Waals surface area contributed by atoms with E-state index in [1.165, 1.54) is 0 Å². The highest BCUT2D eigenvalue weighted by Gasteiger charge is 2.05. The molecule has 0 saturated carbocycles. The zero-order valence-corrected chi connectivity index (χ0v) is 8.34. The fourth-order valence-corrected chi connectivity index (χ4v) is 1.57. The third-order valence-corrected chi connectivity index (χ3v) is 2.38. The van der Waals surface area contributed by atoms with E-state index in [1.807, 2.05) is 20.0 Å². The van der Waals surface area contributed by atoms with Gasteiger partial charge in [-0.15, -0.1) is 11.6 Å². The summed E-state index contributed by atoms with van der Waals surface area (Å²) in [6, 6.07) is 2.04. The zero-order valence-electron chi connectivity index (χ0n) is 7.58. The molecule has 2 aromatic heterocycles. The summed E-state index contributed by atoms with van der Waals surface area (Å²) in [6.45, 7) is 1.97. The molecule has 13 heavy (non-hydrogen) atoms. The molecular formula is C9H10ClN3. The molecule has 0 atom stereocenters. The Labute approximate surface area is 81.3 Å². The fourth-order valence-electron chi connectivity index (χ4n) is 1.42. The van der Waals surface area contributed by atoms with Crippen molar-refractivity contribution in [2.45, 2.75) is 12.8 Å². The molecule has 0 aliphatic carbocycles. The predicted molar refractivity (Wildman–Crippen MR) is 52.8 cm³/mol. The maximum atomic E-state index is 5.72. The Kier molecular flexibility index (Phi) is 1.96. The van der Waals surface area contributed by atoms with E-state index in [0.29, 0.717) is 5.88 Å². The van der Waals surface area contributed by atoms with Crippen molar-refractivity contribution >= 4 is 22.6 Å². The zero-order chi connectivity index (χ0) is 9.42. The Morgan fingerprint density at radius 3 is 3.00 bits per heavy atom. The minimum Gasteiger partial charge on any atom is -0.250 e. The van der Waals surface area contributed by atoms with Crippen LogP contribution in [-0.2, 0) is 12.9 Å². The van der Waals surface area contributed by atoms with E-state index < -0.39 is 0 Å². The molecule has 0 amide bonds. The Hall–Kier alpha value is -1.09. The van der Waals surface area contributed by atoms with Crippen LogP contribution in [0.4, 0.5) is 0 Å². The maximum absolute atomic E-state index is 5.72. The normalized spacial score (nSPS) is 11.0. The lowest BCUT2D eigenvalue weighted by Gasteiger charge is -1.95. The van der Waals surface area contributed by atoms with Crippen LogP contribution >= 0.6 is 11.6 Å². The first-order valence-corrected chi connectivity index (χ1v) is 4.60. The molecule has 0 unspecified atom stereocenters. The molecule has 3 nitrogen and oxygen atoms in total. The Morgan fingerprint density at radius 2 is 2.31 bits per heavy atom. The standard InChI is InChI=1S/C9H10ClN3/c1-6-8-3-7(4-10)5-11-9(8)13(2)12-6/h3,5H,4H2,1-2H3. The van der Waals surface area contributed by atoms with E-state index in [4.69, 9.17) is 11.6 Å². The first-order chi connectivity index (χ1) is 6.22. The Bertz CT molecular complexity index is 447. The number of alkyl halides is 1. The summed E-state index contributed by atoms with van der Waals surface area (Å²) < 4.78 is 1.78. The van der Waals surface area contributed by atoms with Crippen molar-refractivity contribution in [1.29, 1.82) is 0 Å².